The smallest absolute Gasteiger partial charge is 0.114 e. The molecule has 0 aromatic carbocycles. The predicted octanol–water partition coefficient (Wildman–Crippen LogP) is 3.86. The van der Waals surface area contributed by atoms with Gasteiger partial charge < -0.3 is 9.73 Å². The summed E-state index contributed by atoms with van der Waals surface area (Å²) >= 11 is 1.69. The third-order valence-electron chi connectivity index (χ3n) is 2.56. The van der Waals surface area contributed by atoms with E-state index in [1.165, 1.54) is 5.56 Å². The molecule has 2 aromatic heterocycles. The molecule has 3 nitrogen and oxygen atoms in total. The van der Waals surface area contributed by atoms with Crippen LogP contribution in [0.3, 0.4) is 0 Å². The van der Waals surface area contributed by atoms with Crippen LogP contribution in [0.2, 0.25) is 0 Å². The number of furan rings is 1. The highest BCUT2D eigenvalue weighted by Crippen LogP contribution is 2.21. The highest BCUT2D eigenvalue weighted by atomic mass is 32.2. The summed E-state index contributed by atoms with van der Waals surface area (Å²) in [5, 5.41) is 4.47. The molecule has 0 saturated carbocycles. The SMILES string of the molecule is CC(C)(C)NCc1ccc(SCc2ccco2)nc1. The summed E-state index contributed by atoms with van der Waals surface area (Å²) in [6.07, 6.45) is 3.63. The van der Waals surface area contributed by atoms with Crippen LogP contribution in [-0.4, -0.2) is 10.5 Å². The number of nitrogens with one attached hydrogen (secondary N) is 1. The quantitative estimate of drug-likeness (QED) is 0.842. The molecule has 2 aromatic rings. The molecule has 0 bridgehead atoms. The van der Waals surface area contributed by atoms with Gasteiger partial charge in [-0.3, -0.25) is 0 Å². The Balaban J connectivity index is 1.84. The summed E-state index contributed by atoms with van der Waals surface area (Å²) in [5.41, 5.74) is 1.34. The third kappa shape index (κ3) is 5.09. The second-order valence-electron chi connectivity index (χ2n) is 5.48. The van der Waals surface area contributed by atoms with Crippen molar-refractivity contribution in [2.24, 2.45) is 0 Å². The first kappa shape index (κ1) is 14.2. The zero-order valence-electron chi connectivity index (χ0n) is 11.6. The third-order valence-corrected chi connectivity index (χ3v) is 3.53. The van der Waals surface area contributed by atoms with E-state index in [0.717, 1.165) is 23.1 Å². The number of pyridine rings is 1. The Morgan fingerprint density at radius 2 is 2.11 bits per heavy atom. The van der Waals surface area contributed by atoms with Crippen LogP contribution in [0.1, 0.15) is 32.1 Å². The molecule has 0 fully saturated rings. The van der Waals surface area contributed by atoms with Gasteiger partial charge in [-0.1, -0.05) is 17.8 Å². The predicted molar refractivity (Wildman–Crippen MR) is 79.1 cm³/mol. The van der Waals surface area contributed by atoms with Crippen molar-refractivity contribution in [3.63, 3.8) is 0 Å². The number of thioether (sulfide) groups is 1. The van der Waals surface area contributed by atoms with Crippen molar-refractivity contribution in [2.75, 3.05) is 0 Å². The van der Waals surface area contributed by atoms with Crippen LogP contribution in [0, 0.1) is 0 Å². The number of nitrogens with zero attached hydrogens (tertiary/aromatic N) is 1. The fourth-order valence-electron chi connectivity index (χ4n) is 1.51. The maximum Gasteiger partial charge on any atom is 0.114 e. The van der Waals surface area contributed by atoms with E-state index < -0.39 is 0 Å². The Morgan fingerprint density at radius 1 is 1.26 bits per heavy atom. The summed E-state index contributed by atoms with van der Waals surface area (Å²) < 4.78 is 5.30. The van der Waals surface area contributed by atoms with Gasteiger partial charge in [-0.25, -0.2) is 4.98 Å². The number of hydrogen-bond donors (Lipinski definition) is 1. The summed E-state index contributed by atoms with van der Waals surface area (Å²) in [6, 6.07) is 8.07. The van der Waals surface area contributed by atoms with Gasteiger partial charge in [0.1, 0.15) is 5.76 Å². The second-order valence-corrected chi connectivity index (χ2v) is 6.47. The molecule has 2 heterocycles. The Bertz CT molecular complexity index is 486. The molecule has 4 heteroatoms. The molecule has 0 radical (unpaired) electrons. The molecule has 0 atom stereocenters. The van der Waals surface area contributed by atoms with Gasteiger partial charge in [-0.2, -0.15) is 0 Å². The molecule has 1 N–H and O–H groups in total. The Hall–Kier alpha value is -1.26. The molecule has 0 aliphatic rings. The molecule has 0 spiro atoms. The highest BCUT2D eigenvalue weighted by Gasteiger charge is 2.08. The molecule has 0 aliphatic heterocycles. The van der Waals surface area contributed by atoms with E-state index >= 15 is 0 Å². The molecule has 0 amide bonds. The van der Waals surface area contributed by atoms with Gasteiger partial charge in [0.15, 0.2) is 0 Å². The van der Waals surface area contributed by atoms with Crippen molar-refractivity contribution in [3.8, 4) is 0 Å². The molecular weight excluding hydrogens is 256 g/mol. The first-order valence-electron chi connectivity index (χ1n) is 6.38. The summed E-state index contributed by atoms with van der Waals surface area (Å²) in [6.45, 7) is 7.33. The van der Waals surface area contributed by atoms with Crippen molar-refractivity contribution in [1.82, 2.24) is 10.3 Å². The van der Waals surface area contributed by atoms with E-state index in [0.29, 0.717) is 0 Å². The van der Waals surface area contributed by atoms with Crippen molar-refractivity contribution in [3.05, 3.63) is 48.0 Å². The van der Waals surface area contributed by atoms with Gasteiger partial charge in [-0.15, -0.1) is 0 Å². The van der Waals surface area contributed by atoms with Gasteiger partial charge >= 0.3 is 0 Å². The van der Waals surface area contributed by atoms with E-state index in [9.17, 15) is 0 Å². The van der Waals surface area contributed by atoms with Crippen molar-refractivity contribution < 1.29 is 4.42 Å². The summed E-state index contributed by atoms with van der Waals surface area (Å²) in [5.74, 6) is 1.80. The average Bonchev–Trinajstić information content (AvgIpc) is 2.87. The second kappa shape index (κ2) is 6.26. The van der Waals surface area contributed by atoms with Crippen molar-refractivity contribution >= 4 is 11.8 Å². The summed E-state index contributed by atoms with van der Waals surface area (Å²) in [4.78, 5) is 4.46. The largest absolute Gasteiger partial charge is 0.468 e. The molecule has 2 rings (SSSR count). The van der Waals surface area contributed by atoms with Crippen LogP contribution >= 0.6 is 11.8 Å². The van der Waals surface area contributed by atoms with E-state index in [4.69, 9.17) is 4.42 Å². The highest BCUT2D eigenvalue weighted by molar-refractivity contribution is 7.98. The lowest BCUT2D eigenvalue weighted by Gasteiger charge is -2.20. The van der Waals surface area contributed by atoms with E-state index in [1.807, 2.05) is 18.3 Å². The summed E-state index contributed by atoms with van der Waals surface area (Å²) in [7, 11) is 0. The van der Waals surface area contributed by atoms with Crippen LogP contribution in [-0.2, 0) is 12.3 Å². The lowest BCUT2D eigenvalue weighted by molar-refractivity contribution is 0.424. The van der Waals surface area contributed by atoms with Gasteiger partial charge in [0, 0.05) is 18.3 Å². The fourth-order valence-corrected chi connectivity index (χ4v) is 2.25. The average molecular weight is 276 g/mol. The minimum atomic E-state index is 0.132. The van der Waals surface area contributed by atoms with E-state index in [2.05, 4.69) is 43.2 Å². The Labute approximate surface area is 118 Å². The fraction of sp³-hybridized carbons (Fsp3) is 0.400. The lowest BCUT2D eigenvalue weighted by atomic mass is 10.1. The number of aromatic nitrogens is 1. The van der Waals surface area contributed by atoms with Gasteiger partial charge in [0.2, 0.25) is 0 Å². The topological polar surface area (TPSA) is 38.1 Å². The Morgan fingerprint density at radius 3 is 2.68 bits per heavy atom. The first-order chi connectivity index (χ1) is 9.03. The molecule has 0 unspecified atom stereocenters. The van der Waals surface area contributed by atoms with E-state index in [-0.39, 0.29) is 5.54 Å². The van der Waals surface area contributed by atoms with Crippen LogP contribution in [0.15, 0.2) is 46.2 Å². The maximum atomic E-state index is 5.30. The van der Waals surface area contributed by atoms with Gasteiger partial charge in [0.05, 0.1) is 17.0 Å². The Kier molecular flexibility index (Phi) is 4.66. The monoisotopic (exact) mass is 276 g/mol. The molecular formula is C15H20N2OS. The standard InChI is InChI=1S/C15H20N2OS/c1-15(2,3)17-10-12-6-7-14(16-9-12)19-11-13-5-4-8-18-13/h4-9,17H,10-11H2,1-3H3. The molecule has 102 valence electrons. The lowest BCUT2D eigenvalue weighted by Crippen LogP contribution is -2.35. The molecule has 0 aliphatic carbocycles. The normalized spacial score (nSPS) is 11.7. The van der Waals surface area contributed by atoms with Crippen LogP contribution < -0.4 is 5.32 Å². The zero-order chi connectivity index (χ0) is 13.7. The molecule has 0 saturated heterocycles. The van der Waals surface area contributed by atoms with Crippen LogP contribution in [0.25, 0.3) is 0 Å². The van der Waals surface area contributed by atoms with Crippen LogP contribution in [0.5, 0.6) is 0 Å². The number of hydrogen-bond acceptors (Lipinski definition) is 4. The van der Waals surface area contributed by atoms with Crippen molar-refractivity contribution in [2.45, 2.75) is 43.6 Å². The van der Waals surface area contributed by atoms with Gasteiger partial charge in [-0.05, 0) is 44.5 Å². The first-order valence-corrected chi connectivity index (χ1v) is 7.37. The minimum Gasteiger partial charge on any atom is -0.468 e. The maximum absolute atomic E-state index is 5.30. The van der Waals surface area contributed by atoms with Crippen LogP contribution in [0.4, 0.5) is 0 Å². The van der Waals surface area contributed by atoms with E-state index in [1.54, 1.807) is 18.0 Å². The minimum absolute atomic E-state index is 0.132. The zero-order valence-corrected chi connectivity index (χ0v) is 12.5. The van der Waals surface area contributed by atoms with Gasteiger partial charge in [0.25, 0.3) is 0 Å². The van der Waals surface area contributed by atoms with Crippen molar-refractivity contribution in [1.29, 1.82) is 0 Å². The number of rotatable bonds is 5. The molecule has 19 heavy (non-hydrogen) atoms.